The van der Waals surface area contributed by atoms with Gasteiger partial charge in [-0.15, -0.1) is 0 Å². The maximum atomic E-state index is 14.8. The first-order valence-electron chi connectivity index (χ1n) is 9.24. The molecule has 168 valence electrons. The number of alkyl halides is 1. The molecule has 5 N–H and O–H groups in total. The van der Waals surface area contributed by atoms with Crippen LogP contribution >= 0.6 is 22.2 Å². The number of benzene rings is 1. The minimum absolute atomic E-state index is 0.117. The van der Waals surface area contributed by atoms with Crippen molar-refractivity contribution in [2.75, 3.05) is 17.7 Å². The molecule has 1 atom stereocenters. The molecular formula is C20H23ClF2N4O3S. The second-order valence-corrected chi connectivity index (χ2v) is 11.0. The molecule has 11 heteroatoms. The number of aromatic nitrogens is 1. The summed E-state index contributed by atoms with van der Waals surface area (Å²) < 4.78 is 49.0. The first-order chi connectivity index (χ1) is 14.3. The van der Waals surface area contributed by atoms with Gasteiger partial charge in [0.15, 0.2) is 0 Å². The molecule has 0 unspecified atom stereocenters. The van der Waals surface area contributed by atoms with Gasteiger partial charge in [0.05, 0.1) is 10.8 Å². The molecule has 1 amide bonds. The van der Waals surface area contributed by atoms with Gasteiger partial charge in [-0.05, 0) is 50.6 Å². The minimum Gasteiger partial charge on any atom is -0.386 e. The Balaban J connectivity index is 2.02. The number of nitrogens with two attached hydrogens (primary N) is 1. The van der Waals surface area contributed by atoms with Gasteiger partial charge in [0.25, 0.3) is 5.91 Å². The summed E-state index contributed by atoms with van der Waals surface area (Å²) in [6.07, 6.45) is 1.32. The Morgan fingerprint density at radius 2 is 2.03 bits per heavy atom. The van der Waals surface area contributed by atoms with Gasteiger partial charge >= 0.3 is 0 Å². The molecule has 0 saturated carbocycles. The Morgan fingerprint density at radius 1 is 1.35 bits per heavy atom. The number of halogens is 3. The van der Waals surface area contributed by atoms with Crippen LogP contribution < -0.4 is 11.1 Å². The lowest BCUT2D eigenvalue weighted by Gasteiger charge is -2.53. The molecule has 1 aliphatic rings. The fraction of sp³-hybridized carbons (Fsp3) is 0.350. The third-order valence-corrected chi connectivity index (χ3v) is 8.35. The van der Waals surface area contributed by atoms with E-state index in [0.29, 0.717) is 10.6 Å². The van der Waals surface area contributed by atoms with Crippen LogP contribution in [-0.2, 0) is 5.54 Å². The van der Waals surface area contributed by atoms with Gasteiger partial charge in [-0.2, -0.15) is 10.6 Å². The van der Waals surface area contributed by atoms with Gasteiger partial charge in [-0.25, -0.2) is 13.8 Å². The van der Waals surface area contributed by atoms with E-state index < -0.39 is 45.0 Å². The van der Waals surface area contributed by atoms with Crippen molar-refractivity contribution in [3.05, 3.63) is 58.1 Å². The van der Waals surface area contributed by atoms with Crippen LogP contribution in [0.5, 0.6) is 0 Å². The molecule has 1 aliphatic heterocycles. The van der Waals surface area contributed by atoms with Crippen LogP contribution in [0.3, 0.4) is 0 Å². The van der Waals surface area contributed by atoms with E-state index in [1.54, 1.807) is 13.0 Å². The summed E-state index contributed by atoms with van der Waals surface area (Å²) in [5, 5.41) is 2.96. The Bertz CT molecular complexity index is 1080. The summed E-state index contributed by atoms with van der Waals surface area (Å²) in [4.78, 5) is 20.8. The van der Waals surface area contributed by atoms with E-state index in [1.807, 2.05) is 0 Å². The van der Waals surface area contributed by atoms with E-state index in [4.69, 9.17) is 17.3 Å². The number of pyridine rings is 1. The fourth-order valence-corrected chi connectivity index (χ4v) is 5.20. The van der Waals surface area contributed by atoms with Crippen LogP contribution in [0.1, 0.15) is 35.5 Å². The van der Waals surface area contributed by atoms with Crippen LogP contribution in [0, 0.1) is 12.7 Å². The molecular weight excluding hydrogens is 450 g/mol. The average Bonchev–Trinajstić information content (AvgIpc) is 2.67. The predicted molar refractivity (Wildman–Crippen MR) is 119 cm³/mol. The second-order valence-electron chi connectivity index (χ2n) is 7.95. The number of hydrogen-bond acceptors (Lipinski definition) is 6. The molecule has 0 fully saturated rings. The van der Waals surface area contributed by atoms with Gasteiger partial charge in [0.2, 0.25) is 0 Å². The van der Waals surface area contributed by atoms with Crippen LogP contribution in [-0.4, -0.2) is 43.0 Å². The summed E-state index contributed by atoms with van der Waals surface area (Å²) in [6.45, 7) is 3.41. The molecule has 0 radical (unpaired) electrons. The number of amides is 1. The number of aliphatic imine (C=N–C) groups is 1. The Morgan fingerprint density at radius 3 is 2.61 bits per heavy atom. The number of amidine groups is 1. The smallest absolute Gasteiger partial charge is 0.274 e. The highest BCUT2D eigenvalue weighted by Crippen LogP contribution is 2.59. The van der Waals surface area contributed by atoms with E-state index in [0.717, 1.165) is 6.07 Å². The lowest BCUT2D eigenvalue weighted by molar-refractivity contribution is 0.102. The fourth-order valence-electron chi connectivity index (χ4n) is 3.28. The van der Waals surface area contributed by atoms with Crippen molar-refractivity contribution in [1.29, 1.82) is 0 Å². The van der Waals surface area contributed by atoms with Gasteiger partial charge < -0.3 is 11.1 Å². The van der Waals surface area contributed by atoms with Crippen molar-refractivity contribution in [1.82, 2.24) is 4.98 Å². The van der Waals surface area contributed by atoms with Crippen LogP contribution in [0.15, 0.2) is 35.5 Å². The minimum atomic E-state index is -3.46. The van der Waals surface area contributed by atoms with E-state index in [9.17, 15) is 22.7 Å². The number of hydrogen-bond donors (Lipinski definition) is 4. The molecule has 7 nitrogen and oxygen atoms in total. The Kier molecular flexibility index (Phi) is 6.05. The molecule has 2 heterocycles. The van der Waals surface area contributed by atoms with Crippen molar-refractivity contribution in [2.24, 2.45) is 10.7 Å². The topological polar surface area (TPSA) is 121 Å². The molecule has 0 aliphatic carbocycles. The van der Waals surface area contributed by atoms with E-state index >= 15 is 0 Å². The number of nitrogens with zero attached hydrogens (tertiary/aromatic N) is 2. The summed E-state index contributed by atoms with van der Waals surface area (Å²) in [6, 6.07) is 5.12. The molecule has 3 rings (SSSR count). The lowest BCUT2D eigenvalue weighted by Crippen LogP contribution is -2.53. The zero-order chi connectivity index (χ0) is 23.2. The highest BCUT2D eigenvalue weighted by molar-refractivity contribution is 8.26. The first-order valence-corrected chi connectivity index (χ1v) is 11.3. The van der Waals surface area contributed by atoms with Crippen LogP contribution in [0.2, 0.25) is 5.02 Å². The zero-order valence-corrected chi connectivity index (χ0v) is 18.7. The van der Waals surface area contributed by atoms with E-state index in [2.05, 4.69) is 15.3 Å². The lowest BCUT2D eigenvalue weighted by atomic mass is 9.92. The number of aryl methyl sites for hydroxylation is 1. The maximum Gasteiger partial charge on any atom is 0.274 e. The molecule has 0 spiro atoms. The second kappa shape index (κ2) is 8.01. The quantitative estimate of drug-likeness (QED) is 0.522. The molecule has 2 aromatic rings. The average molecular weight is 473 g/mol. The van der Waals surface area contributed by atoms with Gasteiger partial charge in [0, 0.05) is 17.4 Å². The van der Waals surface area contributed by atoms with Crippen LogP contribution in [0.4, 0.5) is 14.5 Å². The molecule has 0 saturated heterocycles. The van der Waals surface area contributed by atoms with Gasteiger partial charge in [-0.3, -0.25) is 18.9 Å². The van der Waals surface area contributed by atoms with Crippen molar-refractivity contribution in [3.63, 3.8) is 0 Å². The standard InChI is InChI=1S/C20H23ClF2N4O3S/c1-11-6-12(21)8-25-16(11)17(28)26-13-4-5-15(23)14(7-13)20(9-22)10-31(29,30)19(2,3)18(24)27-20/h4-8,29-30H,9-10H2,1-3H3,(H2,24,27)(H,26,28)/t20-/m0/s1. The summed E-state index contributed by atoms with van der Waals surface area (Å²) >= 11 is 5.86. The number of rotatable bonds is 4. The summed E-state index contributed by atoms with van der Waals surface area (Å²) in [7, 11) is -3.46. The number of carbonyl (C=O) groups excluding carboxylic acids is 1. The molecule has 1 aromatic carbocycles. The number of nitrogens with one attached hydrogen (secondary N) is 1. The van der Waals surface area contributed by atoms with Gasteiger partial charge in [0.1, 0.15) is 34.3 Å². The van der Waals surface area contributed by atoms with E-state index in [1.165, 1.54) is 32.2 Å². The highest BCUT2D eigenvalue weighted by Gasteiger charge is 2.51. The van der Waals surface area contributed by atoms with Crippen molar-refractivity contribution >= 4 is 39.6 Å². The molecule has 31 heavy (non-hydrogen) atoms. The third kappa shape index (κ3) is 4.12. The third-order valence-electron chi connectivity index (χ3n) is 5.42. The van der Waals surface area contributed by atoms with Gasteiger partial charge in [-0.1, -0.05) is 11.6 Å². The molecule has 0 bridgehead atoms. The zero-order valence-electron chi connectivity index (χ0n) is 17.1. The van der Waals surface area contributed by atoms with Crippen molar-refractivity contribution in [2.45, 2.75) is 31.1 Å². The maximum absolute atomic E-state index is 14.8. The van der Waals surface area contributed by atoms with Crippen molar-refractivity contribution < 1.29 is 22.7 Å². The summed E-state index contributed by atoms with van der Waals surface area (Å²) in [5.41, 5.74) is 4.55. The Hall–Kier alpha value is -2.27. The number of carbonyl (C=O) groups is 1. The largest absolute Gasteiger partial charge is 0.386 e. The normalized spacial score (nSPS) is 23.0. The number of anilines is 1. The van der Waals surface area contributed by atoms with Crippen LogP contribution in [0.25, 0.3) is 0 Å². The monoisotopic (exact) mass is 472 g/mol. The first kappa shape index (κ1) is 23.4. The highest BCUT2D eigenvalue weighted by atomic mass is 35.5. The molecule has 1 aromatic heterocycles. The Labute approximate surface area is 185 Å². The SMILES string of the molecule is Cc1cc(Cl)cnc1C(=O)Nc1ccc(F)c([C@]2(CF)CS(O)(O)C(C)(C)C(N)=N2)c1. The predicted octanol–water partition coefficient (Wildman–Crippen LogP) is 4.50. The summed E-state index contributed by atoms with van der Waals surface area (Å²) in [5.74, 6) is -2.12. The van der Waals surface area contributed by atoms with Crippen molar-refractivity contribution in [3.8, 4) is 0 Å². The van der Waals surface area contributed by atoms with E-state index in [-0.39, 0.29) is 22.8 Å².